The zero-order valence-corrected chi connectivity index (χ0v) is 16.8. The van der Waals surface area contributed by atoms with Crippen LogP contribution in [0.4, 0.5) is 18.9 Å². The smallest absolute Gasteiger partial charge is 0.399 e. The molecule has 10 heteroatoms. The van der Waals surface area contributed by atoms with Gasteiger partial charge in [0.15, 0.2) is 0 Å². The molecule has 132 valence electrons. The summed E-state index contributed by atoms with van der Waals surface area (Å²) in [6.07, 6.45) is -4.54. The third-order valence-corrected chi connectivity index (χ3v) is 5.48. The molecule has 1 aliphatic rings. The largest absolute Gasteiger partial charge is 0.494 e. The molecular formula is C14H18BF3IN2O2P. The van der Waals surface area contributed by atoms with E-state index in [0.29, 0.717) is 5.46 Å². The predicted octanol–water partition coefficient (Wildman–Crippen LogP) is 4.27. The maximum absolute atomic E-state index is 13.0. The van der Waals surface area contributed by atoms with Gasteiger partial charge in [0.05, 0.1) is 11.2 Å². The maximum atomic E-state index is 13.0. The normalized spacial score (nSPS) is 19.9. The zero-order chi connectivity index (χ0) is 18.3. The van der Waals surface area contributed by atoms with Crippen molar-refractivity contribution >= 4 is 52.4 Å². The van der Waals surface area contributed by atoms with E-state index in [2.05, 4.69) is 5.09 Å². The molecule has 1 aromatic carbocycles. The first-order chi connectivity index (χ1) is 10.9. The van der Waals surface area contributed by atoms with Gasteiger partial charge in [-0.15, -0.1) is 0 Å². The minimum Gasteiger partial charge on any atom is -0.399 e. The molecule has 0 spiro atoms. The molecule has 0 saturated carbocycles. The fraction of sp³-hybridized carbons (Fsp3) is 0.500. The second-order valence-corrected chi connectivity index (χ2v) is 8.54. The first kappa shape index (κ1) is 19.9. The van der Waals surface area contributed by atoms with E-state index in [1.807, 2.05) is 49.7 Å². The number of hydrogen-bond acceptors (Lipinski definition) is 4. The standard InChI is InChI=1S/C14H18BF3IN2O2P/c1-12(2)13(3,4)23-15(22-12)8-5-6-10(21-24-19)9(7-8)11(20)14(16,17)18/h5-7,20-21,24H,1-4H3. The predicted molar refractivity (Wildman–Crippen MR) is 101 cm³/mol. The summed E-state index contributed by atoms with van der Waals surface area (Å²) in [5.41, 5.74) is -2.05. The summed E-state index contributed by atoms with van der Waals surface area (Å²) >= 11 is 2.02. The van der Waals surface area contributed by atoms with Crippen LogP contribution in [0.25, 0.3) is 0 Å². The minimum atomic E-state index is -4.72. The molecule has 0 amide bonds. The highest BCUT2D eigenvalue weighted by molar-refractivity contribution is 14.2. The van der Waals surface area contributed by atoms with Crippen molar-refractivity contribution in [2.75, 3.05) is 5.09 Å². The Morgan fingerprint density at radius 2 is 1.75 bits per heavy atom. The lowest BCUT2D eigenvalue weighted by Gasteiger charge is -2.32. The number of nitrogens with one attached hydrogen (secondary N) is 2. The fourth-order valence-electron chi connectivity index (χ4n) is 2.21. The summed E-state index contributed by atoms with van der Waals surface area (Å²) in [6, 6.07) is 4.51. The van der Waals surface area contributed by atoms with Gasteiger partial charge in [0.1, 0.15) is 5.71 Å². The molecule has 4 nitrogen and oxygen atoms in total. The van der Waals surface area contributed by atoms with E-state index in [0.717, 1.165) is 0 Å². The average Bonchev–Trinajstić information content (AvgIpc) is 2.66. The van der Waals surface area contributed by atoms with Gasteiger partial charge in [0.25, 0.3) is 0 Å². The van der Waals surface area contributed by atoms with Crippen LogP contribution in [0.1, 0.15) is 33.3 Å². The molecule has 1 fully saturated rings. The van der Waals surface area contributed by atoms with Gasteiger partial charge < -0.3 is 14.4 Å². The quantitative estimate of drug-likeness (QED) is 0.298. The van der Waals surface area contributed by atoms with Crippen LogP contribution in [0.5, 0.6) is 0 Å². The topological polar surface area (TPSA) is 54.3 Å². The number of anilines is 1. The SMILES string of the molecule is CC1(C)OB(c2ccc(NPI)c(C(=N)C(F)(F)F)c2)OC1(C)C. The Labute approximate surface area is 154 Å². The first-order valence-corrected chi connectivity index (χ1v) is 11.3. The van der Waals surface area contributed by atoms with Gasteiger partial charge in [0, 0.05) is 17.6 Å². The number of benzene rings is 1. The van der Waals surface area contributed by atoms with Crippen molar-refractivity contribution in [3.63, 3.8) is 0 Å². The molecule has 24 heavy (non-hydrogen) atoms. The monoisotopic (exact) mass is 472 g/mol. The molecule has 2 N–H and O–H groups in total. The van der Waals surface area contributed by atoms with E-state index >= 15 is 0 Å². The lowest BCUT2D eigenvalue weighted by Crippen LogP contribution is -2.41. The first-order valence-electron chi connectivity index (χ1n) is 7.16. The molecule has 1 heterocycles. The molecule has 0 radical (unpaired) electrons. The van der Waals surface area contributed by atoms with Crippen molar-refractivity contribution < 1.29 is 22.5 Å². The molecule has 2 rings (SSSR count). The Morgan fingerprint density at radius 1 is 1.21 bits per heavy atom. The lowest BCUT2D eigenvalue weighted by molar-refractivity contribution is -0.0587. The third kappa shape index (κ3) is 3.89. The van der Waals surface area contributed by atoms with Crippen LogP contribution in [0.2, 0.25) is 0 Å². The van der Waals surface area contributed by atoms with E-state index < -0.39 is 30.2 Å². The number of halogens is 4. The van der Waals surface area contributed by atoms with Crippen molar-refractivity contribution in [3.05, 3.63) is 23.8 Å². The van der Waals surface area contributed by atoms with Crippen LogP contribution in [-0.4, -0.2) is 30.2 Å². The third-order valence-electron chi connectivity index (χ3n) is 4.30. The second-order valence-electron chi connectivity index (χ2n) is 6.49. The summed E-state index contributed by atoms with van der Waals surface area (Å²) < 4.78 is 50.7. The van der Waals surface area contributed by atoms with Crippen LogP contribution in [0, 0.1) is 5.41 Å². The Bertz CT molecular complexity index is 639. The highest BCUT2D eigenvalue weighted by atomic mass is 127. The highest BCUT2D eigenvalue weighted by Crippen LogP contribution is 2.37. The van der Waals surface area contributed by atoms with E-state index in [1.165, 1.54) is 12.1 Å². The molecule has 1 aliphatic heterocycles. The van der Waals surface area contributed by atoms with Gasteiger partial charge in [-0.1, -0.05) is 12.1 Å². The van der Waals surface area contributed by atoms with Crippen molar-refractivity contribution in [3.8, 4) is 0 Å². The Hall–Kier alpha value is -0.375. The van der Waals surface area contributed by atoms with Crippen molar-refractivity contribution in [1.29, 1.82) is 5.41 Å². The van der Waals surface area contributed by atoms with Crippen molar-refractivity contribution in [2.45, 2.75) is 45.1 Å². The van der Waals surface area contributed by atoms with Gasteiger partial charge in [-0.05, 0) is 61.3 Å². The lowest BCUT2D eigenvalue weighted by atomic mass is 9.78. The van der Waals surface area contributed by atoms with E-state index in [-0.39, 0.29) is 17.6 Å². The van der Waals surface area contributed by atoms with Crippen LogP contribution in [0.3, 0.4) is 0 Å². The Balaban J connectivity index is 2.42. The zero-order valence-electron chi connectivity index (χ0n) is 13.6. The van der Waals surface area contributed by atoms with Gasteiger partial charge in [-0.2, -0.15) is 13.2 Å². The summed E-state index contributed by atoms with van der Waals surface area (Å²) in [7, 11) is -0.772. The van der Waals surface area contributed by atoms with Crippen molar-refractivity contribution in [1.82, 2.24) is 0 Å². The number of hydrogen-bond donors (Lipinski definition) is 2. The average molecular weight is 472 g/mol. The van der Waals surface area contributed by atoms with E-state index in [1.54, 1.807) is 6.07 Å². The molecule has 1 unspecified atom stereocenters. The van der Waals surface area contributed by atoms with E-state index in [4.69, 9.17) is 14.7 Å². The highest BCUT2D eigenvalue weighted by Gasteiger charge is 2.52. The molecule has 1 saturated heterocycles. The van der Waals surface area contributed by atoms with Gasteiger partial charge in [-0.3, -0.25) is 5.41 Å². The summed E-state index contributed by atoms with van der Waals surface area (Å²) in [5, 5.41) is 10.3. The summed E-state index contributed by atoms with van der Waals surface area (Å²) in [5.74, 6) is 0. The van der Waals surface area contributed by atoms with Gasteiger partial charge in [-0.25, -0.2) is 0 Å². The van der Waals surface area contributed by atoms with Crippen LogP contribution in [-0.2, 0) is 9.31 Å². The maximum Gasteiger partial charge on any atom is 0.494 e. The Kier molecular flexibility index (Phi) is 5.60. The van der Waals surface area contributed by atoms with Gasteiger partial charge in [0.2, 0.25) is 0 Å². The Morgan fingerprint density at radius 3 is 2.21 bits per heavy atom. The molecule has 0 aromatic heterocycles. The summed E-state index contributed by atoms with van der Waals surface area (Å²) in [6.45, 7) is 7.50. The van der Waals surface area contributed by atoms with Crippen molar-refractivity contribution in [2.24, 2.45) is 0 Å². The van der Waals surface area contributed by atoms with Gasteiger partial charge >= 0.3 is 13.3 Å². The molecule has 1 atom stereocenters. The summed E-state index contributed by atoms with van der Waals surface area (Å²) in [4.78, 5) is 0. The molecule has 1 aromatic rings. The number of rotatable bonds is 4. The fourth-order valence-corrected chi connectivity index (χ4v) is 3.40. The molecule has 0 aliphatic carbocycles. The van der Waals surface area contributed by atoms with Crippen LogP contribution in [0.15, 0.2) is 18.2 Å². The molecular weight excluding hydrogens is 454 g/mol. The van der Waals surface area contributed by atoms with E-state index in [9.17, 15) is 13.2 Å². The number of alkyl halides is 3. The second kappa shape index (κ2) is 6.74. The molecule has 0 bridgehead atoms. The minimum absolute atomic E-state index is 0.187. The van der Waals surface area contributed by atoms with Crippen LogP contribution < -0.4 is 10.6 Å². The van der Waals surface area contributed by atoms with Crippen LogP contribution >= 0.6 is 28.4 Å².